The Morgan fingerprint density at radius 2 is 1.82 bits per heavy atom. The number of hydrogen-bond donors (Lipinski definition) is 1. The van der Waals surface area contributed by atoms with Crippen molar-refractivity contribution in [3.05, 3.63) is 71.0 Å². The van der Waals surface area contributed by atoms with Gasteiger partial charge in [0.2, 0.25) is 0 Å². The summed E-state index contributed by atoms with van der Waals surface area (Å²) in [6, 6.07) is 14.7. The smallest absolute Gasteiger partial charge is 0.296 e. The maximum Gasteiger partial charge on any atom is 0.296 e. The minimum atomic E-state index is -0.688. The average molecular weight is 392 g/mol. The zero-order valence-electron chi connectivity index (χ0n) is 15.8. The zero-order chi connectivity index (χ0) is 20.0. The summed E-state index contributed by atoms with van der Waals surface area (Å²) in [6.07, 6.45) is 0. The Bertz CT molecular complexity index is 1080. The Morgan fingerprint density at radius 3 is 2.43 bits per heavy atom. The number of amides is 1. The van der Waals surface area contributed by atoms with Gasteiger partial charge >= 0.3 is 0 Å². The summed E-state index contributed by atoms with van der Waals surface area (Å²) in [5.74, 6) is -1.05. The van der Waals surface area contributed by atoms with E-state index in [9.17, 15) is 14.7 Å². The van der Waals surface area contributed by atoms with E-state index in [0.29, 0.717) is 11.0 Å². The lowest BCUT2D eigenvalue weighted by atomic mass is 9.94. The van der Waals surface area contributed by atoms with E-state index in [4.69, 9.17) is 0 Å². The van der Waals surface area contributed by atoms with Gasteiger partial charge in [-0.1, -0.05) is 61.6 Å². The van der Waals surface area contributed by atoms with Gasteiger partial charge in [0, 0.05) is 0 Å². The molecule has 0 saturated carbocycles. The van der Waals surface area contributed by atoms with Crippen LogP contribution in [0.15, 0.2) is 59.9 Å². The predicted molar refractivity (Wildman–Crippen MR) is 111 cm³/mol. The van der Waals surface area contributed by atoms with Crippen LogP contribution in [0, 0.1) is 0 Å². The van der Waals surface area contributed by atoms with Crippen LogP contribution >= 0.6 is 11.3 Å². The molecule has 6 heteroatoms. The van der Waals surface area contributed by atoms with Crippen molar-refractivity contribution in [2.24, 2.45) is 0 Å². The second-order valence-electron chi connectivity index (χ2n) is 7.18. The molecule has 142 valence electrons. The molecule has 1 aromatic heterocycles. The summed E-state index contributed by atoms with van der Waals surface area (Å²) in [6.45, 7) is 5.58. The number of anilines is 1. The highest BCUT2D eigenvalue weighted by molar-refractivity contribution is 7.22. The van der Waals surface area contributed by atoms with E-state index in [1.54, 1.807) is 0 Å². The number of ketones is 1. The van der Waals surface area contributed by atoms with Crippen molar-refractivity contribution in [2.75, 3.05) is 4.90 Å². The van der Waals surface area contributed by atoms with Crippen molar-refractivity contribution in [3.8, 4) is 0 Å². The van der Waals surface area contributed by atoms with Gasteiger partial charge in [0.25, 0.3) is 5.91 Å². The lowest BCUT2D eigenvalue weighted by molar-refractivity contribution is -0.117. The summed E-state index contributed by atoms with van der Waals surface area (Å²) in [5.41, 5.74) is 2.82. The number of aliphatic hydroxyl groups is 1. The van der Waals surface area contributed by atoms with Gasteiger partial charge in [-0.25, -0.2) is 4.98 Å². The number of fused-ring (bicyclic) bond motifs is 1. The number of hydrogen-bond acceptors (Lipinski definition) is 5. The van der Waals surface area contributed by atoms with E-state index in [1.165, 1.54) is 23.2 Å². The molecular weight excluding hydrogens is 372 g/mol. The molecular formula is C22H20N2O3S. The molecule has 1 atom stereocenters. The molecule has 1 N–H and O–H groups in total. The maximum absolute atomic E-state index is 12.9. The molecule has 2 aromatic carbocycles. The van der Waals surface area contributed by atoms with E-state index in [1.807, 2.05) is 48.5 Å². The number of nitrogens with zero attached hydrogens (tertiary/aromatic N) is 2. The molecule has 1 unspecified atom stereocenters. The standard InChI is InChI=1S/C22H20N2O3S/c1-12(2)14-8-10-15(11-9-14)19-18(13(3)25)20(26)21(27)24(19)22-23-16-6-4-5-7-17(16)28-22/h4-12,19,26H,1-3H3. The van der Waals surface area contributed by atoms with E-state index in [0.717, 1.165) is 21.3 Å². The van der Waals surface area contributed by atoms with Crippen molar-refractivity contribution in [2.45, 2.75) is 32.7 Å². The fourth-order valence-electron chi connectivity index (χ4n) is 3.50. The molecule has 1 amide bonds. The molecule has 0 aliphatic carbocycles. The first-order valence-corrected chi connectivity index (χ1v) is 9.93. The third-order valence-corrected chi connectivity index (χ3v) is 6.03. The van der Waals surface area contributed by atoms with Gasteiger partial charge in [0.05, 0.1) is 21.8 Å². The number of carbonyl (C=O) groups excluding carboxylic acids is 2. The zero-order valence-corrected chi connectivity index (χ0v) is 16.7. The van der Waals surface area contributed by atoms with Crippen molar-refractivity contribution in [1.29, 1.82) is 0 Å². The predicted octanol–water partition coefficient (Wildman–Crippen LogP) is 4.91. The molecule has 3 aromatic rings. The van der Waals surface area contributed by atoms with Crippen LogP contribution < -0.4 is 4.90 Å². The van der Waals surface area contributed by atoms with Crippen molar-refractivity contribution in [1.82, 2.24) is 4.98 Å². The quantitative estimate of drug-likeness (QED) is 0.685. The SMILES string of the molecule is CC(=O)C1=C(O)C(=O)N(c2nc3ccccc3s2)C1c1ccc(C(C)C)cc1. The highest BCUT2D eigenvalue weighted by Crippen LogP contribution is 2.43. The van der Waals surface area contributed by atoms with Gasteiger partial charge in [-0.3, -0.25) is 14.5 Å². The molecule has 2 heterocycles. The molecule has 1 aliphatic rings. The molecule has 1 aliphatic heterocycles. The van der Waals surface area contributed by atoms with Gasteiger partial charge in [0.1, 0.15) is 0 Å². The van der Waals surface area contributed by atoms with Gasteiger partial charge in [-0.15, -0.1) is 0 Å². The second-order valence-corrected chi connectivity index (χ2v) is 8.19. The van der Waals surface area contributed by atoms with Crippen LogP contribution in [0.5, 0.6) is 0 Å². The van der Waals surface area contributed by atoms with Gasteiger partial charge in [-0.05, 0) is 36.1 Å². The lowest BCUT2D eigenvalue weighted by Gasteiger charge is -2.24. The number of para-hydroxylation sites is 1. The number of aliphatic hydroxyl groups excluding tert-OH is 1. The average Bonchev–Trinajstić information content (AvgIpc) is 3.20. The Labute approximate surface area is 166 Å². The fourth-order valence-corrected chi connectivity index (χ4v) is 4.50. The fraction of sp³-hybridized carbons (Fsp3) is 0.227. The highest BCUT2D eigenvalue weighted by Gasteiger charge is 2.44. The lowest BCUT2D eigenvalue weighted by Crippen LogP contribution is -2.30. The minimum absolute atomic E-state index is 0.113. The summed E-state index contributed by atoms with van der Waals surface area (Å²) >= 11 is 1.37. The van der Waals surface area contributed by atoms with E-state index < -0.39 is 17.7 Å². The number of thiazole rings is 1. The van der Waals surface area contributed by atoms with Crippen LogP contribution in [-0.4, -0.2) is 21.8 Å². The van der Waals surface area contributed by atoms with Gasteiger partial charge in [-0.2, -0.15) is 0 Å². The molecule has 28 heavy (non-hydrogen) atoms. The third-order valence-electron chi connectivity index (χ3n) is 4.99. The topological polar surface area (TPSA) is 70.5 Å². The van der Waals surface area contributed by atoms with E-state index in [-0.39, 0.29) is 11.4 Å². The summed E-state index contributed by atoms with van der Waals surface area (Å²) in [4.78, 5) is 31.2. The molecule has 0 radical (unpaired) electrons. The number of carbonyl (C=O) groups is 2. The first kappa shape index (κ1) is 18.4. The van der Waals surface area contributed by atoms with Crippen molar-refractivity contribution >= 4 is 38.4 Å². The Balaban J connectivity index is 1.86. The summed E-state index contributed by atoms with van der Waals surface area (Å²) < 4.78 is 0.940. The Morgan fingerprint density at radius 1 is 1.14 bits per heavy atom. The largest absolute Gasteiger partial charge is 0.503 e. The number of rotatable bonds is 4. The van der Waals surface area contributed by atoms with Crippen LogP contribution in [0.3, 0.4) is 0 Å². The third kappa shape index (κ3) is 2.90. The number of Topliss-reactive ketones (excluding diaryl/α,β-unsaturated/α-hetero) is 1. The minimum Gasteiger partial charge on any atom is -0.503 e. The van der Waals surface area contributed by atoms with Crippen LogP contribution in [0.4, 0.5) is 5.13 Å². The second kappa shape index (κ2) is 6.87. The van der Waals surface area contributed by atoms with Gasteiger partial charge < -0.3 is 5.11 Å². The summed E-state index contributed by atoms with van der Waals surface area (Å²) in [5, 5.41) is 10.9. The van der Waals surface area contributed by atoms with Crippen LogP contribution in [-0.2, 0) is 9.59 Å². The van der Waals surface area contributed by atoms with Gasteiger partial charge in [0.15, 0.2) is 16.7 Å². The Hall–Kier alpha value is -2.99. The first-order chi connectivity index (χ1) is 13.4. The number of aromatic nitrogens is 1. The molecule has 0 fully saturated rings. The molecule has 0 saturated heterocycles. The van der Waals surface area contributed by atoms with Crippen LogP contribution in [0.1, 0.15) is 43.9 Å². The maximum atomic E-state index is 12.9. The molecule has 0 spiro atoms. The molecule has 4 rings (SSSR count). The van der Waals surface area contributed by atoms with E-state index in [2.05, 4.69) is 18.8 Å². The monoisotopic (exact) mass is 392 g/mol. The highest BCUT2D eigenvalue weighted by atomic mass is 32.1. The molecule has 0 bridgehead atoms. The molecule has 5 nitrogen and oxygen atoms in total. The normalized spacial score (nSPS) is 17.2. The Kier molecular flexibility index (Phi) is 4.51. The van der Waals surface area contributed by atoms with Crippen molar-refractivity contribution < 1.29 is 14.7 Å². The summed E-state index contributed by atoms with van der Waals surface area (Å²) in [7, 11) is 0. The van der Waals surface area contributed by atoms with Crippen molar-refractivity contribution in [3.63, 3.8) is 0 Å². The van der Waals surface area contributed by atoms with Crippen LogP contribution in [0.25, 0.3) is 10.2 Å². The van der Waals surface area contributed by atoms with E-state index >= 15 is 0 Å². The number of benzene rings is 2. The first-order valence-electron chi connectivity index (χ1n) is 9.11. The van der Waals surface area contributed by atoms with Crippen LogP contribution in [0.2, 0.25) is 0 Å².